The quantitative estimate of drug-likeness (QED) is 0.438. The summed E-state index contributed by atoms with van der Waals surface area (Å²) in [6, 6.07) is 12.9. The Morgan fingerprint density at radius 1 is 1.09 bits per heavy atom. The van der Waals surface area contributed by atoms with E-state index in [0.717, 1.165) is 11.6 Å². The van der Waals surface area contributed by atoms with Crippen LogP contribution in [-0.4, -0.2) is 46.0 Å². The van der Waals surface area contributed by atoms with Gasteiger partial charge in [0.15, 0.2) is 6.61 Å². The van der Waals surface area contributed by atoms with Crippen LogP contribution in [0.4, 0.5) is 10.5 Å². The van der Waals surface area contributed by atoms with Crippen LogP contribution in [0.25, 0.3) is 6.08 Å². The Morgan fingerprint density at radius 2 is 1.79 bits per heavy atom. The number of amides is 3. The van der Waals surface area contributed by atoms with E-state index >= 15 is 0 Å². The van der Waals surface area contributed by atoms with E-state index in [0.29, 0.717) is 30.8 Å². The topological polar surface area (TPSA) is 122 Å². The van der Waals surface area contributed by atoms with Crippen molar-refractivity contribution in [1.82, 2.24) is 10.6 Å². The van der Waals surface area contributed by atoms with Gasteiger partial charge in [0.2, 0.25) is 0 Å². The summed E-state index contributed by atoms with van der Waals surface area (Å²) in [7, 11) is -3.70. The van der Waals surface area contributed by atoms with Gasteiger partial charge >= 0.3 is 12.0 Å². The molecule has 1 aliphatic heterocycles. The molecule has 1 heterocycles. The molecule has 2 aromatic rings. The van der Waals surface area contributed by atoms with Gasteiger partial charge in [-0.3, -0.25) is 14.4 Å². The monoisotopic (exact) mass is 485 g/mol. The van der Waals surface area contributed by atoms with Gasteiger partial charge in [0.05, 0.1) is 10.6 Å². The summed E-state index contributed by atoms with van der Waals surface area (Å²) in [4.78, 5) is 35.2. The molecule has 0 unspecified atom stereocenters. The Balaban J connectivity index is 1.52. The number of nitrogens with zero attached hydrogens (tertiary/aromatic N) is 1. The zero-order valence-electron chi connectivity index (χ0n) is 19.0. The maximum atomic E-state index is 13.0. The number of rotatable bonds is 8. The lowest BCUT2D eigenvalue weighted by Crippen LogP contribution is -2.42. The third-order valence-corrected chi connectivity index (χ3v) is 6.82. The Kier molecular flexibility index (Phi) is 8.06. The molecule has 2 aromatic carbocycles. The zero-order valence-corrected chi connectivity index (χ0v) is 19.8. The molecule has 10 heteroatoms. The Bertz CT molecular complexity index is 1190. The van der Waals surface area contributed by atoms with E-state index in [4.69, 9.17) is 4.74 Å². The van der Waals surface area contributed by atoms with E-state index in [1.54, 1.807) is 18.2 Å². The van der Waals surface area contributed by atoms with Crippen LogP contribution in [0.3, 0.4) is 0 Å². The normalized spacial score (nSPS) is 13.1. The average Bonchev–Trinajstić information content (AvgIpc) is 3.25. The fraction of sp³-hybridized carbons (Fsp3) is 0.292. The van der Waals surface area contributed by atoms with Crippen LogP contribution < -0.4 is 14.9 Å². The van der Waals surface area contributed by atoms with Crippen LogP contribution in [0.5, 0.6) is 0 Å². The van der Waals surface area contributed by atoms with Crippen LogP contribution in [0.2, 0.25) is 0 Å². The van der Waals surface area contributed by atoms with Crippen molar-refractivity contribution >= 4 is 39.7 Å². The summed E-state index contributed by atoms with van der Waals surface area (Å²) in [5, 5.41) is 4.58. The van der Waals surface area contributed by atoms with Gasteiger partial charge < -0.3 is 10.1 Å². The fourth-order valence-electron chi connectivity index (χ4n) is 3.29. The highest BCUT2D eigenvalue weighted by Crippen LogP contribution is 2.32. The number of carbonyl (C=O) groups is 3. The lowest BCUT2D eigenvalue weighted by atomic mass is 10.2. The van der Waals surface area contributed by atoms with Crippen molar-refractivity contribution < 1.29 is 27.5 Å². The van der Waals surface area contributed by atoms with E-state index < -0.39 is 34.5 Å². The number of anilines is 1. The van der Waals surface area contributed by atoms with Crippen molar-refractivity contribution in [2.45, 2.75) is 25.2 Å². The largest absolute Gasteiger partial charge is 0.452 e. The first-order valence-corrected chi connectivity index (χ1v) is 12.2. The SMILES string of the molecule is CC(C)CNC(=O)NC(=O)COC(=O)/C=C/c1ccc(S(=O)(=O)N2CCc3ccccc32)cc1. The number of carbonyl (C=O) groups excluding carboxylic acids is 3. The van der Waals surface area contributed by atoms with Crippen LogP contribution in [-0.2, 0) is 30.8 Å². The number of hydrogen-bond acceptors (Lipinski definition) is 6. The smallest absolute Gasteiger partial charge is 0.331 e. The summed E-state index contributed by atoms with van der Waals surface area (Å²) in [6.45, 7) is 4.02. The third-order valence-electron chi connectivity index (χ3n) is 4.99. The number of benzene rings is 2. The molecule has 0 saturated carbocycles. The number of imide groups is 1. The van der Waals surface area contributed by atoms with Crippen molar-refractivity contribution in [3.63, 3.8) is 0 Å². The first kappa shape index (κ1) is 25.0. The van der Waals surface area contributed by atoms with Crippen molar-refractivity contribution in [3.05, 3.63) is 65.7 Å². The molecule has 0 fully saturated rings. The highest BCUT2D eigenvalue weighted by Gasteiger charge is 2.30. The first-order valence-electron chi connectivity index (χ1n) is 10.8. The molecular weight excluding hydrogens is 458 g/mol. The van der Waals surface area contributed by atoms with E-state index in [2.05, 4.69) is 10.6 Å². The van der Waals surface area contributed by atoms with Gasteiger partial charge in [-0.15, -0.1) is 0 Å². The van der Waals surface area contributed by atoms with Crippen LogP contribution in [0, 0.1) is 5.92 Å². The Morgan fingerprint density at radius 3 is 2.50 bits per heavy atom. The van der Waals surface area contributed by atoms with Crippen LogP contribution in [0.1, 0.15) is 25.0 Å². The molecule has 3 rings (SSSR count). The number of esters is 1. The van der Waals surface area contributed by atoms with Gasteiger partial charge in [-0.05, 0) is 47.7 Å². The number of sulfonamides is 1. The molecule has 0 saturated heterocycles. The number of nitrogens with one attached hydrogen (secondary N) is 2. The lowest BCUT2D eigenvalue weighted by Gasteiger charge is -2.19. The number of hydrogen-bond donors (Lipinski definition) is 2. The lowest BCUT2D eigenvalue weighted by molar-refractivity contribution is -0.143. The Labute approximate surface area is 198 Å². The number of ether oxygens (including phenoxy) is 1. The third kappa shape index (κ3) is 6.44. The molecule has 9 nitrogen and oxygen atoms in total. The van der Waals surface area contributed by atoms with Gasteiger partial charge in [-0.1, -0.05) is 44.2 Å². The van der Waals surface area contributed by atoms with E-state index in [1.807, 2.05) is 32.0 Å². The predicted octanol–water partition coefficient (Wildman–Crippen LogP) is 2.48. The molecule has 0 aliphatic carbocycles. The van der Waals surface area contributed by atoms with E-state index in [-0.39, 0.29) is 10.8 Å². The van der Waals surface area contributed by atoms with Gasteiger partial charge in [-0.25, -0.2) is 18.0 Å². The van der Waals surface area contributed by atoms with Gasteiger partial charge in [-0.2, -0.15) is 0 Å². The minimum Gasteiger partial charge on any atom is -0.452 e. The second-order valence-corrected chi connectivity index (χ2v) is 9.98. The van der Waals surface area contributed by atoms with Crippen molar-refractivity contribution in [2.24, 2.45) is 5.92 Å². The molecule has 0 bridgehead atoms. The second kappa shape index (κ2) is 11.0. The second-order valence-electron chi connectivity index (χ2n) is 8.12. The standard InChI is InChI=1S/C24H27N3O6S/c1-17(2)15-25-24(30)26-22(28)16-33-23(29)12-9-18-7-10-20(11-8-18)34(31,32)27-14-13-19-5-3-4-6-21(19)27/h3-12,17H,13-16H2,1-2H3,(H2,25,26,28,30)/b12-9+. The van der Waals surface area contributed by atoms with Gasteiger partial charge in [0.1, 0.15) is 0 Å². The molecule has 0 radical (unpaired) electrons. The maximum Gasteiger partial charge on any atom is 0.331 e. The summed E-state index contributed by atoms with van der Waals surface area (Å²) in [6.07, 6.45) is 3.22. The number of para-hydroxylation sites is 1. The minimum absolute atomic E-state index is 0.149. The first-order chi connectivity index (χ1) is 16.2. The molecule has 180 valence electrons. The Hall–Kier alpha value is -3.66. The van der Waals surface area contributed by atoms with E-state index in [1.165, 1.54) is 22.5 Å². The van der Waals surface area contributed by atoms with Crippen molar-refractivity contribution in [3.8, 4) is 0 Å². The van der Waals surface area contributed by atoms with Crippen molar-refractivity contribution in [1.29, 1.82) is 0 Å². The molecule has 2 N–H and O–H groups in total. The average molecular weight is 486 g/mol. The van der Waals surface area contributed by atoms with E-state index in [9.17, 15) is 22.8 Å². The number of fused-ring (bicyclic) bond motifs is 1. The van der Waals surface area contributed by atoms with Crippen molar-refractivity contribution in [2.75, 3.05) is 24.0 Å². The van der Waals surface area contributed by atoms with Gasteiger partial charge in [0, 0.05) is 19.2 Å². The molecule has 3 amide bonds. The maximum absolute atomic E-state index is 13.0. The number of urea groups is 1. The fourth-order valence-corrected chi connectivity index (χ4v) is 4.79. The highest BCUT2D eigenvalue weighted by atomic mass is 32.2. The van der Waals surface area contributed by atoms with Gasteiger partial charge in [0.25, 0.3) is 15.9 Å². The highest BCUT2D eigenvalue weighted by molar-refractivity contribution is 7.92. The summed E-state index contributed by atoms with van der Waals surface area (Å²) < 4.78 is 32.3. The van der Waals surface area contributed by atoms with Crippen LogP contribution in [0.15, 0.2) is 59.5 Å². The zero-order chi connectivity index (χ0) is 24.7. The molecular formula is C24H27N3O6S. The molecule has 0 atom stereocenters. The predicted molar refractivity (Wildman–Crippen MR) is 127 cm³/mol. The molecule has 1 aliphatic rings. The molecule has 0 aromatic heterocycles. The van der Waals surface area contributed by atoms with Crippen LogP contribution >= 0.6 is 0 Å². The summed E-state index contributed by atoms with van der Waals surface area (Å²) in [5.41, 5.74) is 2.26. The summed E-state index contributed by atoms with van der Waals surface area (Å²) >= 11 is 0. The minimum atomic E-state index is -3.70. The molecule has 0 spiro atoms. The summed E-state index contributed by atoms with van der Waals surface area (Å²) in [5.74, 6) is -1.29. The molecule has 34 heavy (non-hydrogen) atoms.